The summed E-state index contributed by atoms with van der Waals surface area (Å²) < 4.78 is 3.78. The second kappa shape index (κ2) is 3.45. The molecule has 0 saturated heterocycles. The van der Waals surface area contributed by atoms with Crippen molar-refractivity contribution in [2.24, 2.45) is 5.34 Å². The molecule has 0 bridgehead atoms. The van der Waals surface area contributed by atoms with E-state index in [0.717, 1.165) is 0 Å². The SMILES string of the molecule is O=N[O][U]. The van der Waals surface area contributed by atoms with Crippen molar-refractivity contribution in [2.75, 3.05) is 0 Å². The van der Waals surface area contributed by atoms with Gasteiger partial charge in [0.2, 0.25) is 0 Å². The van der Waals surface area contributed by atoms with E-state index in [-0.39, 0.29) is 29.9 Å². The molecule has 0 aromatic carbocycles. The quantitative estimate of drug-likeness (QED) is 0.508. The van der Waals surface area contributed by atoms with Crippen LogP contribution < -0.4 is 0 Å². The van der Waals surface area contributed by atoms with Gasteiger partial charge in [-0.25, -0.2) is 0 Å². The molecule has 0 saturated carbocycles. The molecule has 0 heterocycles. The van der Waals surface area contributed by atoms with Gasteiger partial charge in [0.15, 0.2) is 0 Å². The normalized spacial score (nSPS) is 5.50. The van der Waals surface area contributed by atoms with Crippen LogP contribution in [0, 0.1) is 34.8 Å². The zero-order valence-electron chi connectivity index (χ0n) is 1.76. The second-order valence-corrected chi connectivity index (χ2v) is 0.926. The van der Waals surface area contributed by atoms with Crippen LogP contribution in [0.25, 0.3) is 0 Å². The Bertz CT molecular complexity index is 20.0. The van der Waals surface area contributed by atoms with Crippen molar-refractivity contribution >= 4 is 0 Å². The van der Waals surface area contributed by atoms with Gasteiger partial charge in [0.05, 0.1) is 0 Å². The third-order valence-electron chi connectivity index (χ3n) is 0.0373. The van der Waals surface area contributed by atoms with Crippen LogP contribution in [0.3, 0.4) is 0 Å². The molecule has 0 aromatic heterocycles. The Kier molecular flexibility index (Phi) is 3.84. The van der Waals surface area contributed by atoms with Crippen molar-refractivity contribution in [1.82, 2.24) is 0 Å². The van der Waals surface area contributed by atoms with Gasteiger partial charge in [0.1, 0.15) is 0 Å². The van der Waals surface area contributed by atoms with Crippen molar-refractivity contribution in [2.45, 2.75) is 0 Å². The zero-order chi connectivity index (χ0) is 3.41. The molecule has 0 N–H and O–H groups in total. The summed E-state index contributed by atoms with van der Waals surface area (Å²) in [6.45, 7) is 0. The molecule has 4 heavy (non-hydrogen) atoms. The molecule has 3 nitrogen and oxygen atoms in total. The summed E-state index contributed by atoms with van der Waals surface area (Å²) in [5.74, 6) is 0. The maximum absolute atomic E-state index is 8.74. The fraction of sp³-hybridized carbons (Fsp3) is 0. The molecular formula is NO2U. The van der Waals surface area contributed by atoms with E-state index in [0.29, 0.717) is 0 Å². The van der Waals surface area contributed by atoms with Gasteiger partial charge >= 0.3 is 42.5 Å². The van der Waals surface area contributed by atoms with Gasteiger partial charge in [0.25, 0.3) is 0 Å². The van der Waals surface area contributed by atoms with Crippen LogP contribution in [0.5, 0.6) is 0 Å². The van der Waals surface area contributed by atoms with Crippen molar-refractivity contribution in [3.8, 4) is 0 Å². The summed E-state index contributed by atoms with van der Waals surface area (Å²) in [4.78, 5) is 8.74. The van der Waals surface area contributed by atoms with E-state index in [4.69, 9.17) is 4.91 Å². The Morgan fingerprint density at radius 2 is 2.25 bits per heavy atom. The first-order valence-electron chi connectivity index (χ1n) is 0.569. The van der Waals surface area contributed by atoms with Crippen LogP contribution in [0.15, 0.2) is 5.34 Å². The molecule has 21 valence electrons. The van der Waals surface area contributed by atoms with Crippen LogP contribution in [-0.2, 0) is 2.34 Å². The number of hydrogen-bond donors (Lipinski definition) is 0. The molecule has 0 unspecified atom stereocenters. The summed E-state index contributed by atoms with van der Waals surface area (Å²) in [5, 5.41) is 2.06. The van der Waals surface area contributed by atoms with Crippen LogP contribution in [0.1, 0.15) is 0 Å². The maximum atomic E-state index is 8.74. The van der Waals surface area contributed by atoms with Crippen molar-refractivity contribution < 1.29 is 32.3 Å². The minimum atomic E-state index is 0.243. The Hall–Kier alpha value is 0.452. The van der Waals surface area contributed by atoms with Gasteiger partial charge in [-0.05, 0) is 0 Å². The first-order chi connectivity index (χ1) is 1.91. The molecule has 0 fully saturated rings. The van der Waals surface area contributed by atoms with Crippen LogP contribution in [0.4, 0.5) is 0 Å². The molecule has 0 rings (SSSR count). The van der Waals surface area contributed by atoms with Crippen LogP contribution in [-0.4, -0.2) is 0 Å². The summed E-state index contributed by atoms with van der Waals surface area (Å²) in [6.07, 6.45) is 0. The second-order valence-electron chi connectivity index (χ2n) is 0.166. The van der Waals surface area contributed by atoms with Gasteiger partial charge < -0.3 is 0 Å². The number of nitrogens with zero attached hydrogens (tertiary/aromatic N) is 1. The first kappa shape index (κ1) is 4.45. The molecular weight excluding hydrogens is 284 g/mol. The predicted octanol–water partition coefficient (Wildman–Crippen LogP) is 0.149. The Balaban J connectivity index is 2.30. The Morgan fingerprint density at radius 3 is 2.25 bits per heavy atom. The topological polar surface area (TPSA) is 38.7 Å². The summed E-state index contributed by atoms with van der Waals surface area (Å²) in [5.41, 5.74) is 0. The average molecular weight is 284 g/mol. The predicted molar refractivity (Wildman–Crippen MR) is 6.88 cm³/mol. The van der Waals surface area contributed by atoms with E-state index in [1.165, 1.54) is 0 Å². The fourth-order valence-electron chi connectivity index (χ4n) is 0. The zero-order valence-corrected chi connectivity index (χ0v) is 5.93. The summed E-state index contributed by atoms with van der Waals surface area (Å²) in [6, 6.07) is 0. The summed E-state index contributed by atoms with van der Waals surface area (Å²) in [7, 11) is 0. The minimum absolute atomic E-state index is 0.243. The molecule has 0 aliphatic rings. The van der Waals surface area contributed by atoms with E-state index in [9.17, 15) is 0 Å². The molecule has 0 aliphatic heterocycles. The molecule has 0 amide bonds. The molecule has 0 aromatic rings. The molecule has 4 heteroatoms. The standard InChI is InChI=1S/HNO2.U/c2-1-3;/h(H,2,3);/q;+1/p-1. The van der Waals surface area contributed by atoms with E-state index in [2.05, 4.69) is 7.68 Å². The van der Waals surface area contributed by atoms with Gasteiger partial charge in [-0.1, -0.05) is 0 Å². The fourth-order valence-corrected chi connectivity index (χ4v) is 0. The average Bonchev–Trinajstić information content (AvgIpc) is 1.37. The van der Waals surface area contributed by atoms with E-state index in [1.807, 2.05) is 0 Å². The van der Waals surface area contributed by atoms with E-state index < -0.39 is 0 Å². The van der Waals surface area contributed by atoms with Gasteiger partial charge in [-0.3, -0.25) is 0 Å². The van der Waals surface area contributed by atoms with Gasteiger partial charge in [0, 0.05) is 0 Å². The number of rotatable bonds is 1. The van der Waals surface area contributed by atoms with Crippen LogP contribution >= 0.6 is 0 Å². The van der Waals surface area contributed by atoms with E-state index in [1.54, 1.807) is 0 Å². The number of hydrogen-bond acceptors (Lipinski definition) is 3. The molecule has 0 spiro atoms. The van der Waals surface area contributed by atoms with Crippen LogP contribution in [0.2, 0.25) is 0 Å². The van der Waals surface area contributed by atoms with Gasteiger partial charge in [-0.2, -0.15) is 0 Å². The summed E-state index contributed by atoms with van der Waals surface area (Å²) >= 11 is 0.243. The molecule has 0 atom stereocenters. The van der Waals surface area contributed by atoms with Gasteiger partial charge in [-0.15, -0.1) is 0 Å². The first-order valence-corrected chi connectivity index (χ1v) is 2.27. The third-order valence-corrected chi connectivity index (χ3v) is 0.348. The van der Waals surface area contributed by atoms with Crippen molar-refractivity contribution in [1.29, 1.82) is 0 Å². The Labute approximate surface area is 42.6 Å². The molecule has 0 radical (unpaired) electrons. The Morgan fingerprint density at radius 1 is 2.00 bits per heavy atom. The third kappa shape index (κ3) is 2.45. The van der Waals surface area contributed by atoms with E-state index >= 15 is 0 Å². The molecule has 0 aliphatic carbocycles. The van der Waals surface area contributed by atoms with Crippen molar-refractivity contribution in [3.05, 3.63) is 4.91 Å². The monoisotopic (exact) mass is 284 g/mol. The van der Waals surface area contributed by atoms with Crippen molar-refractivity contribution in [3.63, 3.8) is 0 Å².